The fraction of sp³-hybridized carbons (Fsp3) is 0.250. The summed E-state index contributed by atoms with van der Waals surface area (Å²) in [5.41, 5.74) is 3.80. The summed E-state index contributed by atoms with van der Waals surface area (Å²) in [6.45, 7) is 2.38. The first-order valence-electron chi connectivity index (χ1n) is 12.6. The normalized spacial score (nSPS) is 13.2. The number of anilines is 3. The molecule has 3 aromatic rings. The zero-order chi connectivity index (χ0) is 27.6. The number of rotatable bonds is 7. The summed E-state index contributed by atoms with van der Waals surface area (Å²) >= 11 is 1.61. The minimum atomic E-state index is -0.504. The summed E-state index contributed by atoms with van der Waals surface area (Å²) in [4.78, 5) is 31.0. The van der Waals surface area contributed by atoms with Gasteiger partial charge in [0.05, 0.1) is 6.54 Å². The largest absolute Gasteiger partial charge is 0.372 e. The van der Waals surface area contributed by atoms with E-state index in [2.05, 4.69) is 38.0 Å². The van der Waals surface area contributed by atoms with Crippen molar-refractivity contribution in [1.82, 2.24) is 5.32 Å². The van der Waals surface area contributed by atoms with Gasteiger partial charge in [-0.2, -0.15) is 0 Å². The smallest absolute Gasteiger partial charge is 0.326 e. The van der Waals surface area contributed by atoms with E-state index in [-0.39, 0.29) is 12.6 Å². The number of nitrogens with two attached hydrogens (primary N) is 1. The van der Waals surface area contributed by atoms with Crippen molar-refractivity contribution in [1.29, 1.82) is 5.41 Å². The average Bonchev–Trinajstić information content (AvgIpc) is 2.97. The van der Waals surface area contributed by atoms with E-state index in [1.165, 1.54) is 19.3 Å². The van der Waals surface area contributed by atoms with E-state index in [9.17, 15) is 9.59 Å². The van der Waals surface area contributed by atoms with E-state index in [1.807, 2.05) is 42.7 Å². The maximum atomic E-state index is 13.5. The summed E-state index contributed by atoms with van der Waals surface area (Å²) < 4.78 is 0. The molecular formula is C28H32N8O2S. The van der Waals surface area contributed by atoms with Crippen molar-refractivity contribution in [2.75, 3.05) is 34.5 Å². The Kier molecular flexibility index (Phi) is 9.52. The summed E-state index contributed by atoms with van der Waals surface area (Å²) in [5.74, 6) is 3.96. The predicted octanol–water partition coefficient (Wildman–Crippen LogP) is 5.63. The van der Waals surface area contributed by atoms with Crippen LogP contribution in [0.25, 0.3) is 0 Å². The van der Waals surface area contributed by atoms with Crippen LogP contribution >= 0.6 is 11.8 Å². The zero-order valence-electron chi connectivity index (χ0n) is 21.8. The van der Waals surface area contributed by atoms with Crippen molar-refractivity contribution < 1.29 is 9.59 Å². The van der Waals surface area contributed by atoms with Crippen LogP contribution < -0.4 is 26.3 Å². The Morgan fingerprint density at radius 3 is 2.41 bits per heavy atom. The molecule has 1 fully saturated rings. The fourth-order valence-electron chi connectivity index (χ4n) is 4.37. The van der Waals surface area contributed by atoms with Crippen LogP contribution in [0.3, 0.4) is 0 Å². The highest BCUT2D eigenvalue weighted by atomic mass is 32.2. The van der Waals surface area contributed by atoms with Crippen molar-refractivity contribution in [3.8, 4) is 0 Å². The number of nitrogens with zero attached hydrogens (tertiary/aromatic N) is 4. The van der Waals surface area contributed by atoms with Crippen molar-refractivity contribution in [3.05, 3.63) is 83.9 Å². The summed E-state index contributed by atoms with van der Waals surface area (Å²) in [6.07, 6.45) is 5.64. The average molecular weight is 545 g/mol. The molecule has 0 radical (unpaired) electrons. The molecule has 5 N–H and O–H groups in total. The highest BCUT2D eigenvalue weighted by Gasteiger charge is 2.19. The molecule has 0 bridgehead atoms. The van der Waals surface area contributed by atoms with Gasteiger partial charge in [-0.15, -0.1) is 11.8 Å². The maximum Gasteiger partial charge on any atom is 0.326 e. The number of carbonyl (C=O) groups is 2. The standard InChI is InChI=1S/C28H32N8O2S/c1-39-25-7-5-6-22(18-25)31-28(38)36(24-14-12-23(13-15-24)35-16-3-2-4-17-35)19-20-8-10-21(11-9-20)26(37)32-27(29)33-34-30/h5-15,18H,2-4,16-17,19H2,1H3,(H,31,38)(H4,29,30,32,33,37). The molecule has 1 heterocycles. The number of amides is 3. The first kappa shape index (κ1) is 27.6. The van der Waals surface area contributed by atoms with Crippen LogP contribution in [0.5, 0.6) is 0 Å². The van der Waals surface area contributed by atoms with Crippen LogP contribution in [0.1, 0.15) is 35.2 Å². The molecule has 11 heteroatoms. The molecule has 1 aliphatic rings. The van der Waals surface area contributed by atoms with E-state index >= 15 is 0 Å². The first-order valence-corrected chi connectivity index (χ1v) is 13.9. The van der Waals surface area contributed by atoms with Crippen molar-refractivity contribution >= 4 is 46.7 Å². The zero-order valence-corrected chi connectivity index (χ0v) is 22.6. The van der Waals surface area contributed by atoms with E-state index < -0.39 is 11.9 Å². The molecule has 39 heavy (non-hydrogen) atoms. The second-order valence-electron chi connectivity index (χ2n) is 9.03. The van der Waals surface area contributed by atoms with Crippen LogP contribution in [0.2, 0.25) is 0 Å². The number of benzene rings is 3. The lowest BCUT2D eigenvalue weighted by Crippen LogP contribution is -2.34. The Morgan fingerprint density at radius 2 is 1.74 bits per heavy atom. The molecule has 0 spiro atoms. The monoisotopic (exact) mass is 544 g/mol. The number of piperidine rings is 1. The maximum absolute atomic E-state index is 13.5. The second-order valence-corrected chi connectivity index (χ2v) is 9.91. The second kappa shape index (κ2) is 13.4. The SMILES string of the molecule is CSc1cccc(NC(=O)N(Cc2ccc(C(=O)NC(=N)N=NN)cc2)c2ccc(N3CCCCC3)cc2)c1. The highest BCUT2D eigenvalue weighted by Crippen LogP contribution is 2.26. The van der Waals surface area contributed by atoms with Gasteiger partial charge in [-0.3, -0.25) is 20.4 Å². The molecule has 202 valence electrons. The van der Waals surface area contributed by atoms with Crippen LogP contribution in [0, 0.1) is 5.41 Å². The molecule has 1 aliphatic heterocycles. The highest BCUT2D eigenvalue weighted by molar-refractivity contribution is 7.98. The van der Waals surface area contributed by atoms with Crippen LogP contribution in [-0.2, 0) is 6.54 Å². The molecule has 3 amide bonds. The number of hydrogen-bond acceptors (Lipinski definition) is 6. The third-order valence-corrected chi connectivity index (χ3v) is 7.12. The number of hydrogen-bond donors (Lipinski definition) is 4. The first-order chi connectivity index (χ1) is 19.0. The van der Waals surface area contributed by atoms with Crippen LogP contribution in [0.4, 0.5) is 21.9 Å². The third-order valence-electron chi connectivity index (χ3n) is 6.40. The van der Waals surface area contributed by atoms with Gasteiger partial charge in [0.1, 0.15) is 0 Å². The van der Waals surface area contributed by atoms with Crippen molar-refractivity contribution in [2.24, 2.45) is 16.2 Å². The number of urea groups is 1. The number of carbonyl (C=O) groups excluding carboxylic acids is 2. The van der Waals surface area contributed by atoms with E-state index in [4.69, 9.17) is 11.3 Å². The van der Waals surface area contributed by atoms with Crippen LogP contribution in [-0.4, -0.2) is 37.2 Å². The molecule has 0 saturated carbocycles. The molecule has 10 nitrogen and oxygen atoms in total. The van der Waals surface area contributed by atoms with Gasteiger partial charge in [0, 0.05) is 40.6 Å². The minimum Gasteiger partial charge on any atom is -0.372 e. The van der Waals surface area contributed by atoms with Gasteiger partial charge < -0.3 is 16.1 Å². The summed E-state index contributed by atoms with van der Waals surface area (Å²) in [6, 6.07) is 22.4. The van der Waals surface area contributed by atoms with Gasteiger partial charge in [0.2, 0.25) is 5.96 Å². The van der Waals surface area contributed by atoms with Gasteiger partial charge in [-0.25, -0.2) is 4.79 Å². The number of guanidine groups is 1. The lowest BCUT2D eigenvalue weighted by atomic mass is 10.1. The molecule has 3 aromatic carbocycles. The summed E-state index contributed by atoms with van der Waals surface area (Å²) in [5, 5.41) is 19.1. The lowest BCUT2D eigenvalue weighted by molar-refractivity contribution is 0.0976. The van der Waals surface area contributed by atoms with Gasteiger partial charge in [-0.05, 0) is 85.7 Å². The third kappa shape index (κ3) is 7.57. The van der Waals surface area contributed by atoms with Crippen molar-refractivity contribution in [2.45, 2.75) is 30.7 Å². The molecule has 4 rings (SSSR count). The van der Waals surface area contributed by atoms with Gasteiger partial charge in [0.15, 0.2) is 0 Å². The molecule has 0 unspecified atom stereocenters. The topological polar surface area (TPSA) is 139 Å². The molecule has 0 aromatic heterocycles. The Labute approximate surface area is 232 Å². The summed E-state index contributed by atoms with van der Waals surface area (Å²) in [7, 11) is 0. The minimum absolute atomic E-state index is 0.263. The fourth-order valence-corrected chi connectivity index (χ4v) is 4.83. The molecular weight excluding hydrogens is 512 g/mol. The van der Waals surface area contributed by atoms with E-state index in [1.54, 1.807) is 40.9 Å². The van der Waals surface area contributed by atoms with Gasteiger partial charge >= 0.3 is 6.03 Å². The predicted molar refractivity (Wildman–Crippen MR) is 157 cm³/mol. The number of thioether (sulfide) groups is 1. The lowest BCUT2D eigenvalue weighted by Gasteiger charge is -2.29. The van der Waals surface area contributed by atoms with Crippen molar-refractivity contribution in [3.63, 3.8) is 0 Å². The quantitative estimate of drug-likeness (QED) is 0.0762. The van der Waals surface area contributed by atoms with Gasteiger partial charge in [0.25, 0.3) is 5.91 Å². The van der Waals surface area contributed by atoms with E-state index in [0.29, 0.717) is 11.3 Å². The molecule has 0 atom stereocenters. The Balaban J connectivity index is 1.54. The Bertz CT molecular complexity index is 1320. The molecule has 0 aliphatic carbocycles. The Morgan fingerprint density at radius 1 is 1.03 bits per heavy atom. The molecule has 1 saturated heterocycles. The van der Waals surface area contributed by atoms with Crippen LogP contribution in [0.15, 0.2) is 88.0 Å². The van der Waals surface area contributed by atoms with Gasteiger partial charge in [-0.1, -0.05) is 28.5 Å². The Hall–Kier alpha value is -4.38. The number of nitrogens with one attached hydrogen (secondary N) is 3. The van der Waals surface area contributed by atoms with E-state index in [0.717, 1.165) is 34.9 Å².